The summed E-state index contributed by atoms with van der Waals surface area (Å²) in [7, 11) is 3.75. The molecule has 14 heavy (non-hydrogen) atoms. The monoisotopic (exact) mass is 205 g/mol. The minimum atomic E-state index is 0.949. The molecule has 0 bridgehead atoms. The molecule has 0 aromatic carbocycles. The van der Waals surface area contributed by atoms with Crippen LogP contribution in [-0.4, -0.2) is 14.1 Å². The molecule has 1 heteroatoms. The van der Waals surface area contributed by atoms with Crippen LogP contribution in [0.5, 0.6) is 0 Å². The maximum atomic E-state index is 2.75. The number of hydrogen-bond donors (Lipinski definition) is 1. The molecule has 1 N–H and O–H groups in total. The number of hydrogen-bond acceptors (Lipinski definition) is 1. The molecule has 0 saturated carbocycles. The standard InChI is InChI=1S/C7H16.C2H7N.2C2H6/c1-4-6-7(3)5-2;1-3-2;2*1-2/h7H,4-6H2,1-3H3;3H,1-2H3;2*1-2H3. The van der Waals surface area contributed by atoms with Crippen LogP contribution in [0.1, 0.15) is 67.7 Å². The summed E-state index contributed by atoms with van der Waals surface area (Å²) in [5.41, 5.74) is 0. The van der Waals surface area contributed by atoms with E-state index in [2.05, 4.69) is 26.1 Å². The molecule has 0 fully saturated rings. The second-order valence-corrected chi connectivity index (χ2v) is 2.80. The highest BCUT2D eigenvalue weighted by molar-refractivity contribution is 4.45. The van der Waals surface area contributed by atoms with Gasteiger partial charge >= 0.3 is 0 Å². The van der Waals surface area contributed by atoms with E-state index in [0.29, 0.717) is 0 Å². The molecule has 0 spiro atoms. The van der Waals surface area contributed by atoms with Crippen LogP contribution in [0.15, 0.2) is 0 Å². The van der Waals surface area contributed by atoms with Crippen molar-refractivity contribution in [3.8, 4) is 0 Å². The Balaban J connectivity index is -0.0000000603. The Morgan fingerprint density at radius 1 is 0.929 bits per heavy atom. The lowest BCUT2D eigenvalue weighted by molar-refractivity contribution is 0.509. The molecule has 92 valence electrons. The van der Waals surface area contributed by atoms with E-state index in [-0.39, 0.29) is 0 Å². The lowest BCUT2D eigenvalue weighted by Crippen LogP contribution is -1.89. The molecule has 0 rings (SSSR count). The second-order valence-electron chi connectivity index (χ2n) is 2.80. The average Bonchev–Trinajstić information content (AvgIpc) is 2.25. The van der Waals surface area contributed by atoms with E-state index in [1.807, 2.05) is 41.8 Å². The van der Waals surface area contributed by atoms with Gasteiger partial charge in [-0.25, -0.2) is 0 Å². The molecular weight excluding hydrogens is 170 g/mol. The smallest absolute Gasteiger partial charge is 0.0167 e. The summed E-state index contributed by atoms with van der Waals surface area (Å²) in [6, 6.07) is 0. The van der Waals surface area contributed by atoms with Gasteiger partial charge in [0.25, 0.3) is 0 Å². The van der Waals surface area contributed by atoms with Gasteiger partial charge in [0.1, 0.15) is 0 Å². The average molecular weight is 205 g/mol. The van der Waals surface area contributed by atoms with E-state index < -0.39 is 0 Å². The van der Waals surface area contributed by atoms with Gasteiger partial charge in [0.2, 0.25) is 0 Å². The molecule has 0 aliphatic carbocycles. The minimum Gasteiger partial charge on any atom is -0.323 e. The fourth-order valence-corrected chi connectivity index (χ4v) is 0.697. The molecule has 0 amide bonds. The first kappa shape index (κ1) is 23.6. The van der Waals surface area contributed by atoms with E-state index in [0.717, 1.165) is 5.92 Å². The lowest BCUT2D eigenvalue weighted by Gasteiger charge is -2.02. The fourth-order valence-electron chi connectivity index (χ4n) is 0.697. The zero-order chi connectivity index (χ0) is 12.4. The molecule has 1 nitrogen and oxygen atoms in total. The Morgan fingerprint density at radius 2 is 1.21 bits per heavy atom. The second kappa shape index (κ2) is 38.3. The van der Waals surface area contributed by atoms with Crippen LogP contribution in [0.2, 0.25) is 0 Å². The topological polar surface area (TPSA) is 12.0 Å². The van der Waals surface area contributed by atoms with Gasteiger partial charge in [0.05, 0.1) is 0 Å². The van der Waals surface area contributed by atoms with Crippen molar-refractivity contribution >= 4 is 0 Å². The van der Waals surface area contributed by atoms with Gasteiger partial charge in [-0.05, 0) is 20.0 Å². The Labute approximate surface area is 93.7 Å². The van der Waals surface area contributed by atoms with Crippen LogP contribution >= 0.6 is 0 Å². The molecule has 0 aromatic rings. The maximum absolute atomic E-state index is 2.75. The van der Waals surface area contributed by atoms with Gasteiger partial charge in [-0.2, -0.15) is 0 Å². The molecule has 0 aliphatic rings. The van der Waals surface area contributed by atoms with E-state index >= 15 is 0 Å². The molecule has 0 radical (unpaired) electrons. The van der Waals surface area contributed by atoms with E-state index in [9.17, 15) is 0 Å². The van der Waals surface area contributed by atoms with Crippen molar-refractivity contribution in [2.45, 2.75) is 67.7 Å². The first-order chi connectivity index (χ1) is 6.72. The first-order valence-electron chi connectivity index (χ1n) is 6.31. The van der Waals surface area contributed by atoms with E-state index in [1.54, 1.807) is 0 Å². The molecule has 0 aromatic heterocycles. The van der Waals surface area contributed by atoms with Gasteiger partial charge in [-0.1, -0.05) is 67.7 Å². The molecule has 1 atom stereocenters. The Hall–Kier alpha value is -0.0400. The Bertz CT molecular complexity index is 44.5. The van der Waals surface area contributed by atoms with Crippen molar-refractivity contribution in [3.05, 3.63) is 0 Å². The molecular formula is C13H35N. The van der Waals surface area contributed by atoms with Gasteiger partial charge in [0.15, 0.2) is 0 Å². The third kappa shape index (κ3) is 58.4. The van der Waals surface area contributed by atoms with Gasteiger partial charge in [-0.15, -0.1) is 0 Å². The Morgan fingerprint density at radius 3 is 1.29 bits per heavy atom. The van der Waals surface area contributed by atoms with Crippen LogP contribution in [0.3, 0.4) is 0 Å². The summed E-state index contributed by atoms with van der Waals surface area (Å²) in [6.07, 6.45) is 4.08. The first-order valence-corrected chi connectivity index (χ1v) is 6.31. The summed E-state index contributed by atoms with van der Waals surface area (Å²) in [4.78, 5) is 0. The van der Waals surface area contributed by atoms with Crippen molar-refractivity contribution in [2.75, 3.05) is 14.1 Å². The van der Waals surface area contributed by atoms with Crippen molar-refractivity contribution < 1.29 is 0 Å². The largest absolute Gasteiger partial charge is 0.323 e. The summed E-state index contributed by atoms with van der Waals surface area (Å²) in [5, 5.41) is 2.75. The summed E-state index contributed by atoms with van der Waals surface area (Å²) in [5.74, 6) is 0.949. The van der Waals surface area contributed by atoms with Gasteiger partial charge in [-0.3, -0.25) is 0 Å². The van der Waals surface area contributed by atoms with Crippen molar-refractivity contribution in [1.82, 2.24) is 5.32 Å². The van der Waals surface area contributed by atoms with Crippen LogP contribution in [0.4, 0.5) is 0 Å². The third-order valence-electron chi connectivity index (χ3n) is 1.48. The van der Waals surface area contributed by atoms with Crippen molar-refractivity contribution in [3.63, 3.8) is 0 Å². The van der Waals surface area contributed by atoms with E-state index in [4.69, 9.17) is 0 Å². The normalized spacial score (nSPS) is 9.21. The highest BCUT2D eigenvalue weighted by atomic mass is 14.7. The Kier molecular flexibility index (Phi) is 64.6. The maximum Gasteiger partial charge on any atom is -0.0167 e. The predicted molar refractivity (Wildman–Crippen MR) is 72.0 cm³/mol. The van der Waals surface area contributed by atoms with Crippen LogP contribution in [0, 0.1) is 5.92 Å². The highest BCUT2D eigenvalue weighted by Crippen LogP contribution is 2.07. The van der Waals surface area contributed by atoms with Crippen molar-refractivity contribution in [1.29, 1.82) is 0 Å². The number of rotatable bonds is 3. The summed E-state index contributed by atoms with van der Waals surface area (Å²) in [6.45, 7) is 14.8. The predicted octanol–water partition coefficient (Wildman–Crippen LogP) is 4.72. The van der Waals surface area contributed by atoms with Crippen molar-refractivity contribution in [2.24, 2.45) is 5.92 Å². The lowest BCUT2D eigenvalue weighted by atomic mass is 10.0. The third-order valence-corrected chi connectivity index (χ3v) is 1.48. The zero-order valence-electron chi connectivity index (χ0n) is 12.2. The van der Waals surface area contributed by atoms with E-state index in [1.165, 1.54) is 19.3 Å². The molecule has 0 heterocycles. The highest BCUT2D eigenvalue weighted by Gasteiger charge is 1.92. The SMILES string of the molecule is CC.CC.CCCC(C)CC.CNC. The molecule has 1 unspecified atom stereocenters. The summed E-state index contributed by atoms with van der Waals surface area (Å²) >= 11 is 0. The van der Waals surface area contributed by atoms with Gasteiger partial charge in [0, 0.05) is 0 Å². The van der Waals surface area contributed by atoms with Crippen LogP contribution in [0.25, 0.3) is 0 Å². The zero-order valence-corrected chi connectivity index (χ0v) is 12.2. The van der Waals surface area contributed by atoms with Gasteiger partial charge < -0.3 is 5.32 Å². The molecule has 0 aliphatic heterocycles. The van der Waals surface area contributed by atoms with Crippen LogP contribution < -0.4 is 5.32 Å². The number of nitrogens with one attached hydrogen (secondary N) is 1. The van der Waals surface area contributed by atoms with Crippen LogP contribution in [-0.2, 0) is 0 Å². The fraction of sp³-hybridized carbons (Fsp3) is 1.00. The quantitative estimate of drug-likeness (QED) is 0.703. The minimum absolute atomic E-state index is 0.949. The molecule has 0 saturated heterocycles. The summed E-state index contributed by atoms with van der Waals surface area (Å²) < 4.78 is 0.